The molecule has 0 spiro atoms. The number of amides is 3. The minimum atomic E-state index is -1.05. The zero-order valence-corrected chi connectivity index (χ0v) is 19.0. The lowest BCUT2D eigenvalue weighted by Crippen LogP contribution is -2.36. The van der Waals surface area contributed by atoms with E-state index in [1.54, 1.807) is 52.9 Å². The molecule has 3 N–H and O–H groups in total. The number of carbonyl (C=O) groups is 3. The number of imide groups is 1. The van der Waals surface area contributed by atoms with Crippen molar-refractivity contribution in [2.24, 2.45) is 5.41 Å². The number of nitrogens with one attached hydrogen (secondary N) is 3. The molecule has 10 heteroatoms. The standard InChI is InChI=1S/C22H27N5O5/c1-11(23)17(12(2)24-6)13-7-8-15-14(25-13)9-16(32-15)18-19(28)27(21(30)26-18)10-31-20(29)22(3,4)5/h7-9,18,23-24H,10H2,1-6H3,(H,26,30)/b17-12+,23-11?/t18-/m0/s1. The monoisotopic (exact) mass is 441 g/mol. The fraction of sp³-hybridized carbons (Fsp3) is 0.409. The summed E-state index contributed by atoms with van der Waals surface area (Å²) in [7, 11) is 1.77. The molecule has 10 nitrogen and oxygen atoms in total. The summed E-state index contributed by atoms with van der Waals surface area (Å²) in [5, 5.41) is 13.6. The fourth-order valence-corrected chi connectivity index (χ4v) is 3.19. The highest BCUT2D eigenvalue weighted by molar-refractivity contribution is 6.21. The number of carbonyl (C=O) groups excluding carboxylic acids is 3. The lowest BCUT2D eigenvalue weighted by atomic mass is 9.98. The van der Waals surface area contributed by atoms with Crippen LogP contribution in [0.25, 0.3) is 16.7 Å². The van der Waals surface area contributed by atoms with Crippen LogP contribution in [-0.4, -0.2) is 47.3 Å². The van der Waals surface area contributed by atoms with Crippen LogP contribution in [0.15, 0.2) is 28.3 Å². The van der Waals surface area contributed by atoms with E-state index < -0.39 is 36.1 Å². The third-order valence-electron chi connectivity index (χ3n) is 5.02. The van der Waals surface area contributed by atoms with Gasteiger partial charge in [0, 0.05) is 30.1 Å². The maximum absolute atomic E-state index is 12.8. The van der Waals surface area contributed by atoms with Crippen molar-refractivity contribution in [3.63, 3.8) is 0 Å². The maximum atomic E-state index is 12.8. The van der Waals surface area contributed by atoms with Crippen molar-refractivity contribution in [3.05, 3.63) is 35.4 Å². The molecule has 170 valence electrons. The van der Waals surface area contributed by atoms with E-state index >= 15 is 0 Å². The molecule has 0 radical (unpaired) electrons. The Morgan fingerprint density at radius 1 is 1.31 bits per heavy atom. The van der Waals surface area contributed by atoms with Crippen LogP contribution in [0, 0.1) is 10.8 Å². The number of urea groups is 1. The second kappa shape index (κ2) is 8.45. The van der Waals surface area contributed by atoms with Gasteiger partial charge in [-0.1, -0.05) is 0 Å². The van der Waals surface area contributed by atoms with Crippen LogP contribution in [0.3, 0.4) is 0 Å². The van der Waals surface area contributed by atoms with Crippen molar-refractivity contribution in [1.29, 1.82) is 5.41 Å². The summed E-state index contributed by atoms with van der Waals surface area (Å²) in [6.07, 6.45) is 0. The Bertz CT molecular complexity index is 1140. The average molecular weight is 441 g/mol. The van der Waals surface area contributed by atoms with E-state index in [0.717, 1.165) is 10.6 Å². The Balaban J connectivity index is 1.86. The SMILES string of the molecule is CN/C(C)=C(\C(C)=N)c1ccc2oc([C@@H]3NC(=O)N(COC(=O)C(C)(C)C)C3=O)cc2n1. The van der Waals surface area contributed by atoms with Gasteiger partial charge in [-0.15, -0.1) is 0 Å². The van der Waals surface area contributed by atoms with Gasteiger partial charge in [-0.05, 0) is 46.8 Å². The second-order valence-electron chi connectivity index (χ2n) is 8.56. The predicted molar refractivity (Wildman–Crippen MR) is 118 cm³/mol. The van der Waals surface area contributed by atoms with Gasteiger partial charge in [0.25, 0.3) is 5.91 Å². The van der Waals surface area contributed by atoms with Gasteiger partial charge in [0.05, 0.1) is 11.1 Å². The van der Waals surface area contributed by atoms with E-state index in [9.17, 15) is 14.4 Å². The molecule has 1 fully saturated rings. The second-order valence-corrected chi connectivity index (χ2v) is 8.56. The molecule has 0 saturated carbocycles. The molecule has 1 aliphatic rings. The van der Waals surface area contributed by atoms with Gasteiger partial charge in [0.15, 0.2) is 18.4 Å². The molecule has 0 bridgehead atoms. The number of allylic oxidation sites excluding steroid dienone is 2. The van der Waals surface area contributed by atoms with Crippen molar-refractivity contribution in [2.75, 3.05) is 13.8 Å². The van der Waals surface area contributed by atoms with Crippen LogP contribution in [0.1, 0.15) is 52.1 Å². The number of furan rings is 1. The smallest absolute Gasteiger partial charge is 0.327 e. The Kier molecular flexibility index (Phi) is 6.07. The molecule has 32 heavy (non-hydrogen) atoms. The number of nitrogens with zero attached hydrogens (tertiary/aromatic N) is 2. The van der Waals surface area contributed by atoms with E-state index in [1.165, 1.54) is 0 Å². The summed E-state index contributed by atoms with van der Waals surface area (Å²) in [4.78, 5) is 42.4. The highest BCUT2D eigenvalue weighted by Gasteiger charge is 2.42. The van der Waals surface area contributed by atoms with Gasteiger partial charge in [-0.25, -0.2) is 14.7 Å². The predicted octanol–water partition coefficient (Wildman–Crippen LogP) is 2.96. The van der Waals surface area contributed by atoms with E-state index in [-0.39, 0.29) is 5.76 Å². The number of aromatic nitrogens is 1. The molecule has 3 heterocycles. The first kappa shape index (κ1) is 23.0. The molecular formula is C22H27N5O5. The first-order chi connectivity index (χ1) is 14.9. The molecule has 1 saturated heterocycles. The summed E-state index contributed by atoms with van der Waals surface area (Å²) in [5.41, 5.74) is 2.57. The van der Waals surface area contributed by atoms with Gasteiger partial charge in [0.2, 0.25) is 0 Å². The van der Waals surface area contributed by atoms with Crippen molar-refractivity contribution >= 4 is 40.3 Å². The zero-order valence-electron chi connectivity index (χ0n) is 19.0. The lowest BCUT2D eigenvalue weighted by Gasteiger charge is -2.19. The summed E-state index contributed by atoms with van der Waals surface area (Å²) in [5.74, 6) is -0.891. The summed E-state index contributed by atoms with van der Waals surface area (Å²) < 4.78 is 10.9. The van der Waals surface area contributed by atoms with Crippen molar-refractivity contribution < 1.29 is 23.5 Å². The highest BCUT2D eigenvalue weighted by Crippen LogP contribution is 2.29. The summed E-state index contributed by atoms with van der Waals surface area (Å²) >= 11 is 0. The molecule has 3 amide bonds. The number of fused-ring (bicyclic) bond motifs is 1. The molecule has 0 unspecified atom stereocenters. The molecule has 2 aromatic heterocycles. The maximum Gasteiger partial charge on any atom is 0.327 e. The van der Waals surface area contributed by atoms with Crippen LogP contribution in [0.5, 0.6) is 0 Å². The molecule has 0 aliphatic carbocycles. The number of ether oxygens (including phenoxy) is 1. The summed E-state index contributed by atoms with van der Waals surface area (Å²) in [6, 6.07) is 3.30. The zero-order chi connectivity index (χ0) is 23.8. The average Bonchev–Trinajstić information content (AvgIpc) is 3.25. The largest absolute Gasteiger partial charge is 0.457 e. The topological polar surface area (TPSA) is 138 Å². The number of hydrogen-bond donors (Lipinski definition) is 3. The number of esters is 1. The highest BCUT2D eigenvalue weighted by atomic mass is 16.5. The Morgan fingerprint density at radius 3 is 2.59 bits per heavy atom. The van der Waals surface area contributed by atoms with Crippen LogP contribution in [-0.2, 0) is 14.3 Å². The quantitative estimate of drug-likeness (QED) is 0.356. The van der Waals surface area contributed by atoms with E-state index in [4.69, 9.17) is 14.6 Å². The molecule has 1 aliphatic heterocycles. The Morgan fingerprint density at radius 2 is 2.00 bits per heavy atom. The van der Waals surface area contributed by atoms with Crippen molar-refractivity contribution in [3.8, 4) is 0 Å². The van der Waals surface area contributed by atoms with Crippen LogP contribution < -0.4 is 10.6 Å². The molecule has 0 aromatic carbocycles. The number of pyridine rings is 1. The van der Waals surface area contributed by atoms with Gasteiger partial charge >= 0.3 is 12.0 Å². The fourth-order valence-electron chi connectivity index (χ4n) is 3.19. The third-order valence-corrected chi connectivity index (χ3v) is 5.02. The van der Waals surface area contributed by atoms with E-state index in [1.807, 2.05) is 6.92 Å². The van der Waals surface area contributed by atoms with E-state index in [2.05, 4.69) is 15.6 Å². The van der Waals surface area contributed by atoms with Crippen molar-refractivity contribution in [1.82, 2.24) is 20.5 Å². The van der Waals surface area contributed by atoms with Gasteiger partial charge in [0.1, 0.15) is 11.3 Å². The minimum Gasteiger partial charge on any atom is -0.457 e. The lowest BCUT2D eigenvalue weighted by molar-refractivity contribution is -0.158. The molecule has 1 atom stereocenters. The van der Waals surface area contributed by atoms with Crippen LogP contribution in [0.2, 0.25) is 0 Å². The van der Waals surface area contributed by atoms with Gasteiger partial charge in [-0.2, -0.15) is 0 Å². The molecular weight excluding hydrogens is 414 g/mol. The molecule has 3 rings (SSSR count). The minimum absolute atomic E-state index is 0.218. The Labute approximate surface area is 185 Å². The van der Waals surface area contributed by atoms with Gasteiger partial charge < -0.3 is 25.2 Å². The Hall–Kier alpha value is -3.69. The van der Waals surface area contributed by atoms with Crippen LogP contribution >= 0.6 is 0 Å². The van der Waals surface area contributed by atoms with E-state index in [0.29, 0.717) is 28.1 Å². The number of rotatable bonds is 6. The summed E-state index contributed by atoms with van der Waals surface area (Å²) in [6.45, 7) is 8.09. The normalized spacial score (nSPS) is 17.3. The van der Waals surface area contributed by atoms with Gasteiger partial charge in [-0.3, -0.25) is 9.59 Å². The van der Waals surface area contributed by atoms with Crippen LogP contribution in [0.4, 0.5) is 4.79 Å². The third kappa shape index (κ3) is 4.34. The molecule has 2 aromatic rings. The first-order valence-corrected chi connectivity index (χ1v) is 10.1. The van der Waals surface area contributed by atoms with Crippen molar-refractivity contribution in [2.45, 2.75) is 40.7 Å². The first-order valence-electron chi connectivity index (χ1n) is 10.1. The number of hydrogen-bond acceptors (Lipinski definition) is 8.